The summed E-state index contributed by atoms with van der Waals surface area (Å²) in [6.45, 7) is 0. The summed E-state index contributed by atoms with van der Waals surface area (Å²) in [4.78, 5) is 11.6. The maximum atomic E-state index is 11.6. The number of halogens is 1. The largest absolute Gasteiger partial charge is 0.291 e. The Balaban J connectivity index is 3.01. The maximum Gasteiger partial charge on any atom is 0.196 e. The number of nitrogens with one attached hydrogen (secondary N) is 1. The second-order valence-electron chi connectivity index (χ2n) is 2.57. The Kier molecular flexibility index (Phi) is 3.60. The molecule has 0 bridgehead atoms. The smallest absolute Gasteiger partial charge is 0.196 e. The van der Waals surface area contributed by atoms with Gasteiger partial charge in [0.15, 0.2) is 11.8 Å². The molecule has 1 unspecified atom stereocenters. The topological polar surface area (TPSA) is 78.9 Å². The Morgan fingerprint density at radius 1 is 1.57 bits per heavy atom. The molecule has 0 aliphatic carbocycles. The second kappa shape index (κ2) is 4.72. The molecule has 1 aromatic rings. The lowest BCUT2D eigenvalue weighted by Gasteiger charge is -2.07. The van der Waals surface area contributed by atoms with E-state index in [1.54, 1.807) is 30.3 Å². The van der Waals surface area contributed by atoms with Crippen LogP contribution in [0.25, 0.3) is 0 Å². The summed E-state index contributed by atoms with van der Waals surface area (Å²) in [6.07, 6.45) is 0. The number of hydrogen-bond acceptors (Lipinski definition) is 4. The van der Waals surface area contributed by atoms with E-state index in [0.29, 0.717) is 10.6 Å². The van der Waals surface area contributed by atoms with Crippen molar-refractivity contribution in [3.8, 4) is 6.07 Å². The first-order valence-corrected chi connectivity index (χ1v) is 4.23. The lowest BCUT2D eigenvalue weighted by atomic mass is 10.1. The number of rotatable bonds is 3. The normalized spacial score (nSPS) is 11.8. The van der Waals surface area contributed by atoms with Gasteiger partial charge >= 0.3 is 0 Å². The zero-order valence-corrected chi connectivity index (χ0v) is 7.95. The molecule has 72 valence electrons. The SMILES string of the molecule is N#CC(NN)C(=O)c1ccccc1Cl. The lowest BCUT2D eigenvalue weighted by Crippen LogP contribution is -2.40. The predicted octanol–water partition coefficient (Wildman–Crippen LogP) is 0.878. The van der Waals surface area contributed by atoms with Crippen molar-refractivity contribution in [1.29, 1.82) is 5.26 Å². The van der Waals surface area contributed by atoms with Gasteiger partial charge in [-0.15, -0.1) is 0 Å². The summed E-state index contributed by atoms with van der Waals surface area (Å²) in [6, 6.07) is 7.18. The molecule has 0 amide bonds. The number of Topliss-reactive ketones (excluding diaryl/α,β-unsaturated/α-hetero) is 1. The molecule has 1 aromatic carbocycles. The van der Waals surface area contributed by atoms with Gasteiger partial charge in [0.1, 0.15) is 0 Å². The van der Waals surface area contributed by atoms with E-state index in [1.165, 1.54) is 0 Å². The van der Waals surface area contributed by atoms with Crippen molar-refractivity contribution >= 4 is 17.4 Å². The van der Waals surface area contributed by atoms with E-state index < -0.39 is 11.8 Å². The van der Waals surface area contributed by atoms with Crippen molar-refractivity contribution in [1.82, 2.24) is 5.43 Å². The van der Waals surface area contributed by atoms with Crippen LogP contribution in [0.4, 0.5) is 0 Å². The molecular formula is C9H8ClN3O. The van der Waals surface area contributed by atoms with Gasteiger partial charge in [0, 0.05) is 5.56 Å². The molecule has 1 atom stereocenters. The monoisotopic (exact) mass is 209 g/mol. The molecule has 4 nitrogen and oxygen atoms in total. The van der Waals surface area contributed by atoms with Crippen molar-refractivity contribution in [2.75, 3.05) is 0 Å². The Bertz CT molecular complexity index is 386. The van der Waals surface area contributed by atoms with Gasteiger partial charge < -0.3 is 0 Å². The van der Waals surface area contributed by atoms with Crippen LogP contribution < -0.4 is 11.3 Å². The summed E-state index contributed by atoms with van der Waals surface area (Å²) in [7, 11) is 0. The molecule has 0 spiro atoms. The fourth-order valence-electron chi connectivity index (χ4n) is 0.988. The minimum absolute atomic E-state index is 0.290. The van der Waals surface area contributed by atoms with Gasteiger partial charge in [-0.05, 0) is 12.1 Å². The van der Waals surface area contributed by atoms with E-state index in [4.69, 9.17) is 22.7 Å². The highest BCUT2D eigenvalue weighted by Crippen LogP contribution is 2.16. The summed E-state index contributed by atoms with van der Waals surface area (Å²) in [5.41, 5.74) is 2.40. The minimum Gasteiger partial charge on any atom is -0.291 e. The van der Waals surface area contributed by atoms with Crippen LogP contribution in [0.15, 0.2) is 24.3 Å². The minimum atomic E-state index is -1.06. The first-order chi connectivity index (χ1) is 6.70. The first kappa shape index (κ1) is 10.7. The van der Waals surface area contributed by atoms with E-state index in [1.807, 2.05) is 0 Å². The van der Waals surface area contributed by atoms with Crippen LogP contribution in [-0.4, -0.2) is 11.8 Å². The van der Waals surface area contributed by atoms with Crippen molar-refractivity contribution in [2.24, 2.45) is 5.84 Å². The van der Waals surface area contributed by atoms with E-state index in [0.717, 1.165) is 0 Å². The van der Waals surface area contributed by atoms with Gasteiger partial charge in [-0.1, -0.05) is 23.7 Å². The zero-order valence-electron chi connectivity index (χ0n) is 7.20. The van der Waals surface area contributed by atoms with Crippen molar-refractivity contribution in [2.45, 2.75) is 6.04 Å². The number of benzene rings is 1. The zero-order chi connectivity index (χ0) is 10.6. The van der Waals surface area contributed by atoms with Crippen LogP contribution in [0.5, 0.6) is 0 Å². The number of hydrazine groups is 1. The number of nitrogens with zero attached hydrogens (tertiary/aromatic N) is 1. The Hall–Kier alpha value is -1.41. The summed E-state index contributed by atoms with van der Waals surface area (Å²) in [5.74, 6) is 4.61. The molecule has 5 heteroatoms. The molecular weight excluding hydrogens is 202 g/mol. The van der Waals surface area contributed by atoms with Gasteiger partial charge in [0.05, 0.1) is 11.1 Å². The van der Waals surface area contributed by atoms with Crippen LogP contribution in [0.2, 0.25) is 5.02 Å². The average molecular weight is 210 g/mol. The third-order valence-electron chi connectivity index (χ3n) is 1.70. The molecule has 0 heterocycles. The van der Waals surface area contributed by atoms with Crippen LogP contribution >= 0.6 is 11.6 Å². The third kappa shape index (κ3) is 2.09. The highest BCUT2D eigenvalue weighted by atomic mass is 35.5. The third-order valence-corrected chi connectivity index (χ3v) is 2.03. The van der Waals surface area contributed by atoms with Gasteiger partial charge in [-0.3, -0.25) is 10.6 Å². The van der Waals surface area contributed by atoms with Crippen LogP contribution in [0.3, 0.4) is 0 Å². The average Bonchev–Trinajstić information content (AvgIpc) is 2.20. The standard InChI is InChI=1S/C9H8ClN3O/c10-7-4-2-1-3-6(7)9(14)8(5-11)13-12/h1-4,8,13H,12H2. The Morgan fingerprint density at radius 2 is 2.21 bits per heavy atom. The quantitative estimate of drug-likeness (QED) is 0.440. The molecule has 1 rings (SSSR count). The summed E-state index contributed by atoms with van der Waals surface area (Å²) >= 11 is 5.78. The Morgan fingerprint density at radius 3 is 2.71 bits per heavy atom. The van der Waals surface area contributed by atoms with Crippen LogP contribution in [-0.2, 0) is 0 Å². The fourth-order valence-corrected chi connectivity index (χ4v) is 1.22. The van der Waals surface area contributed by atoms with E-state index in [-0.39, 0.29) is 0 Å². The number of hydrogen-bond donors (Lipinski definition) is 2. The van der Waals surface area contributed by atoms with Gasteiger partial charge in [-0.2, -0.15) is 5.26 Å². The highest BCUT2D eigenvalue weighted by Gasteiger charge is 2.19. The number of nitrogens with two attached hydrogens (primary N) is 1. The second-order valence-corrected chi connectivity index (χ2v) is 2.98. The molecule has 3 N–H and O–H groups in total. The van der Waals surface area contributed by atoms with Gasteiger partial charge in [-0.25, -0.2) is 5.43 Å². The molecule has 0 radical (unpaired) electrons. The molecule has 0 saturated carbocycles. The lowest BCUT2D eigenvalue weighted by molar-refractivity contribution is 0.0967. The molecule has 0 fully saturated rings. The maximum absolute atomic E-state index is 11.6. The van der Waals surface area contributed by atoms with Crippen LogP contribution in [0.1, 0.15) is 10.4 Å². The molecule has 0 aliphatic heterocycles. The molecule has 0 aromatic heterocycles. The summed E-state index contributed by atoms with van der Waals surface area (Å²) < 4.78 is 0. The highest BCUT2D eigenvalue weighted by molar-refractivity contribution is 6.34. The van der Waals surface area contributed by atoms with Crippen LogP contribution in [0, 0.1) is 11.3 Å². The van der Waals surface area contributed by atoms with E-state index in [9.17, 15) is 4.79 Å². The predicted molar refractivity (Wildman–Crippen MR) is 52.5 cm³/mol. The Labute approximate surface area is 86.2 Å². The molecule has 14 heavy (non-hydrogen) atoms. The molecule has 0 saturated heterocycles. The number of ketones is 1. The van der Waals surface area contributed by atoms with Crippen molar-refractivity contribution < 1.29 is 4.79 Å². The number of carbonyl (C=O) groups excluding carboxylic acids is 1. The van der Waals surface area contributed by atoms with Crippen molar-refractivity contribution in [3.63, 3.8) is 0 Å². The summed E-state index contributed by atoms with van der Waals surface area (Å²) in [5, 5.41) is 8.91. The van der Waals surface area contributed by atoms with E-state index in [2.05, 4.69) is 5.43 Å². The molecule has 0 aliphatic rings. The van der Waals surface area contributed by atoms with Crippen molar-refractivity contribution in [3.05, 3.63) is 34.9 Å². The van der Waals surface area contributed by atoms with E-state index >= 15 is 0 Å². The number of carbonyl (C=O) groups is 1. The fraction of sp³-hybridized carbons (Fsp3) is 0.111. The number of nitriles is 1. The van der Waals surface area contributed by atoms with Gasteiger partial charge in [0.25, 0.3) is 0 Å². The first-order valence-electron chi connectivity index (χ1n) is 3.85. The van der Waals surface area contributed by atoms with Gasteiger partial charge in [0.2, 0.25) is 0 Å².